The molecule has 0 N–H and O–H groups in total. The van der Waals surface area contributed by atoms with Crippen LogP contribution in [-0.2, 0) is 6.42 Å². The molecule has 0 aliphatic heterocycles. The normalized spacial score (nSPS) is 10.2. The summed E-state index contributed by atoms with van der Waals surface area (Å²) in [4.78, 5) is 5.43. The van der Waals surface area contributed by atoms with Gasteiger partial charge in [-0.3, -0.25) is 4.98 Å². The summed E-state index contributed by atoms with van der Waals surface area (Å²) in [6.45, 7) is 2.22. The highest BCUT2D eigenvalue weighted by Gasteiger charge is 1.98. The third-order valence-corrected chi connectivity index (χ3v) is 2.70. The van der Waals surface area contributed by atoms with Crippen LogP contribution in [0.15, 0.2) is 23.4 Å². The average molecular weight is 181 g/mol. The van der Waals surface area contributed by atoms with Gasteiger partial charge >= 0.3 is 0 Å². The van der Waals surface area contributed by atoms with Crippen LogP contribution in [0.1, 0.15) is 25.3 Å². The van der Waals surface area contributed by atoms with Crippen LogP contribution >= 0.6 is 11.8 Å². The summed E-state index contributed by atoms with van der Waals surface area (Å²) in [5.74, 6) is 0. The maximum atomic E-state index is 4.10. The quantitative estimate of drug-likeness (QED) is 0.662. The summed E-state index contributed by atoms with van der Waals surface area (Å²) in [7, 11) is 0. The van der Waals surface area contributed by atoms with Crippen molar-refractivity contribution in [2.45, 2.75) is 31.1 Å². The fourth-order valence-electron chi connectivity index (χ4n) is 1.17. The van der Waals surface area contributed by atoms with E-state index >= 15 is 0 Å². The van der Waals surface area contributed by atoms with Gasteiger partial charge in [0.2, 0.25) is 0 Å². The second-order valence-electron chi connectivity index (χ2n) is 2.79. The van der Waals surface area contributed by atoms with E-state index < -0.39 is 0 Å². The molecule has 0 spiro atoms. The summed E-state index contributed by atoms with van der Waals surface area (Å²) in [5.41, 5.74) is 1.44. The van der Waals surface area contributed by atoms with Gasteiger partial charge in [-0.25, -0.2) is 0 Å². The minimum Gasteiger partial charge on any atom is -0.264 e. The van der Waals surface area contributed by atoms with Crippen molar-refractivity contribution >= 4 is 11.8 Å². The Hall–Kier alpha value is -0.500. The van der Waals surface area contributed by atoms with Crippen molar-refractivity contribution in [2.24, 2.45) is 0 Å². The highest BCUT2D eigenvalue weighted by atomic mass is 32.2. The van der Waals surface area contributed by atoms with Crippen LogP contribution in [0.3, 0.4) is 0 Å². The summed E-state index contributed by atoms with van der Waals surface area (Å²) in [6.07, 6.45) is 9.66. The highest BCUT2D eigenvalue weighted by molar-refractivity contribution is 7.98. The largest absolute Gasteiger partial charge is 0.264 e. The predicted molar refractivity (Wildman–Crippen MR) is 54.6 cm³/mol. The first-order chi connectivity index (χ1) is 5.88. The Morgan fingerprint density at radius 3 is 3.00 bits per heavy atom. The van der Waals surface area contributed by atoms with Crippen molar-refractivity contribution in [2.75, 3.05) is 6.26 Å². The van der Waals surface area contributed by atoms with E-state index in [1.807, 2.05) is 12.4 Å². The first-order valence-electron chi connectivity index (χ1n) is 4.35. The molecule has 0 unspecified atom stereocenters. The van der Waals surface area contributed by atoms with E-state index in [4.69, 9.17) is 0 Å². The monoisotopic (exact) mass is 181 g/mol. The zero-order valence-electron chi connectivity index (χ0n) is 7.71. The molecule has 0 aliphatic carbocycles. The van der Waals surface area contributed by atoms with Gasteiger partial charge in [0.05, 0.1) is 0 Å². The number of nitrogens with zero attached hydrogens (tertiary/aromatic N) is 1. The Morgan fingerprint density at radius 2 is 2.33 bits per heavy atom. The standard InChI is InChI=1S/C10H15NS/c1-3-4-5-9-6-7-11-8-10(9)12-2/h6-8H,3-5H2,1-2H3. The molecule has 0 radical (unpaired) electrons. The molecule has 2 heteroatoms. The second kappa shape index (κ2) is 5.20. The lowest BCUT2D eigenvalue weighted by atomic mass is 10.1. The van der Waals surface area contributed by atoms with Gasteiger partial charge in [0.15, 0.2) is 0 Å². The highest BCUT2D eigenvalue weighted by Crippen LogP contribution is 2.19. The van der Waals surface area contributed by atoms with E-state index in [0.717, 1.165) is 0 Å². The third kappa shape index (κ3) is 2.52. The van der Waals surface area contributed by atoms with E-state index in [1.54, 1.807) is 11.8 Å². The van der Waals surface area contributed by atoms with Crippen LogP contribution in [0.2, 0.25) is 0 Å². The number of hydrogen-bond acceptors (Lipinski definition) is 2. The zero-order valence-corrected chi connectivity index (χ0v) is 8.53. The molecule has 0 amide bonds. The van der Waals surface area contributed by atoms with E-state index in [9.17, 15) is 0 Å². The number of hydrogen-bond donors (Lipinski definition) is 0. The summed E-state index contributed by atoms with van der Waals surface area (Å²) < 4.78 is 0. The Kier molecular flexibility index (Phi) is 4.15. The number of thioether (sulfide) groups is 1. The number of rotatable bonds is 4. The fraction of sp³-hybridized carbons (Fsp3) is 0.500. The lowest BCUT2D eigenvalue weighted by Crippen LogP contribution is -1.88. The predicted octanol–water partition coefficient (Wildman–Crippen LogP) is 3.15. The van der Waals surface area contributed by atoms with E-state index in [2.05, 4.69) is 24.2 Å². The molecular formula is C10H15NS. The van der Waals surface area contributed by atoms with Gasteiger partial charge in [-0.2, -0.15) is 0 Å². The first kappa shape index (κ1) is 9.59. The minimum absolute atomic E-state index is 1.19. The van der Waals surface area contributed by atoms with Crippen molar-refractivity contribution < 1.29 is 0 Å². The minimum atomic E-state index is 1.19. The van der Waals surface area contributed by atoms with Gasteiger partial charge < -0.3 is 0 Å². The van der Waals surface area contributed by atoms with Gasteiger partial charge in [0.25, 0.3) is 0 Å². The summed E-state index contributed by atoms with van der Waals surface area (Å²) >= 11 is 1.78. The third-order valence-electron chi connectivity index (χ3n) is 1.89. The summed E-state index contributed by atoms with van der Waals surface area (Å²) in [5, 5.41) is 0. The van der Waals surface area contributed by atoms with Crippen LogP contribution in [0.25, 0.3) is 0 Å². The molecule has 12 heavy (non-hydrogen) atoms. The second-order valence-corrected chi connectivity index (χ2v) is 3.64. The zero-order chi connectivity index (χ0) is 8.81. The average Bonchev–Trinajstić information content (AvgIpc) is 2.15. The Bertz CT molecular complexity index is 235. The van der Waals surface area contributed by atoms with Gasteiger partial charge in [-0.1, -0.05) is 13.3 Å². The van der Waals surface area contributed by atoms with Crippen molar-refractivity contribution in [3.05, 3.63) is 24.0 Å². The maximum Gasteiger partial charge on any atom is 0.0406 e. The molecule has 0 saturated heterocycles. The van der Waals surface area contributed by atoms with Crippen molar-refractivity contribution in [1.82, 2.24) is 4.98 Å². The van der Waals surface area contributed by atoms with Gasteiger partial charge in [-0.05, 0) is 30.7 Å². The van der Waals surface area contributed by atoms with Crippen LogP contribution < -0.4 is 0 Å². The maximum absolute atomic E-state index is 4.10. The molecule has 1 aromatic rings. The Morgan fingerprint density at radius 1 is 1.50 bits per heavy atom. The molecule has 0 aliphatic rings. The van der Waals surface area contributed by atoms with Crippen molar-refractivity contribution in [1.29, 1.82) is 0 Å². The van der Waals surface area contributed by atoms with Crippen LogP contribution in [0.5, 0.6) is 0 Å². The van der Waals surface area contributed by atoms with Gasteiger partial charge in [0, 0.05) is 17.3 Å². The molecule has 1 rings (SSSR count). The summed E-state index contributed by atoms with van der Waals surface area (Å²) in [6, 6.07) is 2.13. The fourth-order valence-corrected chi connectivity index (χ4v) is 1.76. The lowest BCUT2D eigenvalue weighted by molar-refractivity contribution is 0.783. The molecule has 1 heterocycles. The number of unbranched alkanes of at least 4 members (excludes halogenated alkanes) is 1. The van der Waals surface area contributed by atoms with E-state index in [1.165, 1.54) is 29.7 Å². The molecule has 0 aromatic carbocycles. The molecule has 66 valence electrons. The molecular weight excluding hydrogens is 166 g/mol. The topological polar surface area (TPSA) is 12.9 Å². The van der Waals surface area contributed by atoms with Crippen LogP contribution in [0.4, 0.5) is 0 Å². The first-order valence-corrected chi connectivity index (χ1v) is 5.57. The van der Waals surface area contributed by atoms with Gasteiger partial charge in [-0.15, -0.1) is 11.8 Å². The van der Waals surface area contributed by atoms with Crippen LogP contribution in [-0.4, -0.2) is 11.2 Å². The molecule has 1 nitrogen and oxygen atoms in total. The smallest absolute Gasteiger partial charge is 0.0406 e. The van der Waals surface area contributed by atoms with Crippen molar-refractivity contribution in [3.63, 3.8) is 0 Å². The van der Waals surface area contributed by atoms with Gasteiger partial charge in [0.1, 0.15) is 0 Å². The van der Waals surface area contributed by atoms with Crippen molar-refractivity contribution in [3.8, 4) is 0 Å². The molecule has 1 aromatic heterocycles. The Balaban J connectivity index is 2.68. The Labute approximate surface area is 78.6 Å². The SMILES string of the molecule is CCCCc1ccncc1SC. The van der Waals surface area contributed by atoms with Crippen LogP contribution in [0, 0.1) is 0 Å². The number of aryl methyl sites for hydroxylation is 1. The molecule has 0 fully saturated rings. The van der Waals surface area contributed by atoms with E-state index in [-0.39, 0.29) is 0 Å². The molecule has 0 bridgehead atoms. The van der Waals surface area contributed by atoms with E-state index in [0.29, 0.717) is 0 Å². The lowest BCUT2D eigenvalue weighted by Gasteiger charge is -2.04. The number of aromatic nitrogens is 1. The number of pyridine rings is 1. The molecule has 0 saturated carbocycles. The molecule has 0 atom stereocenters.